The minimum atomic E-state index is -0.0204. The fourth-order valence-electron chi connectivity index (χ4n) is 0.900. The number of nitrogens with one attached hydrogen (secondary N) is 1. The highest BCUT2D eigenvalue weighted by Crippen LogP contribution is 2.07. The molecule has 0 saturated carbocycles. The maximum atomic E-state index is 10.7. The molecule has 0 fully saturated rings. The Hall–Kier alpha value is -1.45. The number of amides is 1. The average Bonchev–Trinajstić information content (AvgIpc) is 2.33. The first-order valence-electron chi connectivity index (χ1n) is 2.98. The first kappa shape index (κ1) is 5.34. The van der Waals surface area contributed by atoms with Crippen LogP contribution in [0.5, 0.6) is 0 Å². The van der Waals surface area contributed by atoms with Gasteiger partial charge in [0.2, 0.25) is 5.91 Å². The molecule has 0 bridgehead atoms. The summed E-state index contributed by atoms with van der Waals surface area (Å²) in [5.74, 6) is 0.559. The zero-order valence-corrected chi connectivity index (χ0v) is 5.16. The summed E-state index contributed by atoms with van der Waals surface area (Å²) < 4.78 is 0. The molecule has 0 radical (unpaired) electrons. The van der Waals surface area contributed by atoms with Crippen LogP contribution < -0.4 is 5.32 Å². The fourth-order valence-corrected chi connectivity index (χ4v) is 0.900. The van der Waals surface area contributed by atoms with Gasteiger partial charge in [-0.3, -0.25) is 4.79 Å². The highest BCUT2D eigenvalue weighted by molar-refractivity contribution is 6.23. The second-order valence-electron chi connectivity index (χ2n) is 2.10. The topological polar surface area (TPSA) is 53.8 Å². The molecule has 0 saturated heterocycles. The number of fused-ring (bicyclic) bond motifs is 1. The number of carbonyl (C=O) groups is 1. The van der Waals surface area contributed by atoms with Crippen molar-refractivity contribution in [3.8, 4) is 0 Å². The summed E-state index contributed by atoms with van der Waals surface area (Å²) >= 11 is 0. The highest BCUT2D eigenvalue weighted by atomic mass is 16.1. The Morgan fingerprint density at radius 1 is 1.60 bits per heavy atom. The van der Waals surface area contributed by atoms with Gasteiger partial charge in [0.05, 0.1) is 6.21 Å². The van der Waals surface area contributed by atoms with Crippen molar-refractivity contribution in [2.24, 2.45) is 10.2 Å². The zero-order chi connectivity index (χ0) is 6.97. The molecule has 50 valence electrons. The number of rotatable bonds is 0. The Kier molecular flexibility index (Phi) is 0.943. The molecule has 0 aliphatic carbocycles. The normalized spacial score (nSPS) is 21.4. The third-order valence-corrected chi connectivity index (χ3v) is 1.39. The minimum absolute atomic E-state index is 0.0204. The summed E-state index contributed by atoms with van der Waals surface area (Å²) in [6, 6.07) is 0. The fraction of sp³-hybridized carbons (Fsp3) is 0.167. The van der Waals surface area contributed by atoms with E-state index in [1.54, 1.807) is 6.21 Å². The predicted octanol–water partition coefficient (Wildman–Crippen LogP) is -0.169. The van der Waals surface area contributed by atoms with Gasteiger partial charge in [0, 0.05) is 12.0 Å². The molecule has 2 aliphatic rings. The van der Waals surface area contributed by atoms with E-state index < -0.39 is 0 Å². The van der Waals surface area contributed by atoms with Crippen molar-refractivity contribution in [1.29, 1.82) is 0 Å². The second-order valence-corrected chi connectivity index (χ2v) is 2.10. The monoisotopic (exact) mass is 135 g/mol. The molecular formula is C6H5N3O. The van der Waals surface area contributed by atoms with E-state index in [2.05, 4.69) is 15.5 Å². The highest BCUT2D eigenvalue weighted by Gasteiger charge is 2.17. The lowest BCUT2D eigenvalue weighted by atomic mass is 10.1. The SMILES string of the molecule is O=C1CC=C2C=NN=C2N1. The first-order chi connectivity index (χ1) is 4.86. The molecule has 0 aromatic carbocycles. The van der Waals surface area contributed by atoms with E-state index in [1.165, 1.54) is 0 Å². The largest absolute Gasteiger partial charge is 0.308 e. The lowest BCUT2D eigenvalue weighted by Gasteiger charge is -2.08. The van der Waals surface area contributed by atoms with Gasteiger partial charge in [-0.25, -0.2) is 0 Å². The smallest absolute Gasteiger partial charge is 0.229 e. The Morgan fingerprint density at radius 3 is 3.40 bits per heavy atom. The van der Waals surface area contributed by atoms with E-state index in [0.717, 1.165) is 5.57 Å². The van der Waals surface area contributed by atoms with Crippen molar-refractivity contribution in [2.75, 3.05) is 0 Å². The second kappa shape index (κ2) is 1.76. The molecule has 2 heterocycles. The number of hydrogen-bond donors (Lipinski definition) is 1. The van der Waals surface area contributed by atoms with E-state index in [-0.39, 0.29) is 5.91 Å². The molecule has 2 rings (SSSR count). The van der Waals surface area contributed by atoms with Gasteiger partial charge in [-0.1, -0.05) is 6.08 Å². The molecule has 0 aromatic heterocycles. The average molecular weight is 135 g/mol. The minimum Gasteiger partial charge on any atom is -0.308 e. The van der Waals surface area contributed by atoms with Crippen LogP contribution in [0.15, 0.2) is 21.9 Å². The van der Waals surface area contributed by atoms with Gasteiger partial charge in [0.15, 0.2) is 5.84 Å². The molecular weight excluding hydrogens is 130 g/mol. The number of hydrogen-bond acceptors (Lipinski definition) is 3. The van der Waals surface area contributed by atoms with Crippen molar-refractivity contribution in [1.82, 2.24) is 5.32 Å². The molecule has 1 amide bonds. The molecule has 0 aromatic rings. The molecule has 0 atom stereocenters. The van der Waals surface area contributed by atoms with E-state index in [4.69, 9.17) is 0 Å². The number of carbonyl (C=O) groups excluding carboxylic acids is 1. The van der Waals surface area contributed by atoms with Crippen LogP contribution in [-0.2, 0) is 4.79 Å². The van der Waals surface area contributed by atoms with E-state index in [0.29, 0.717) is 12.3 Å². The summed E-state index contributed by atoms with van der Waals surface area (Å²) in [5.41, 5.74) is 0.916. The van der Waals surface area contributed by atoms with Crippen LogP contribution in [0, 0.1) is 0 Å². The Bertz CT molecular complexity index is 275. The maximum absolute atomic E-state index is 10.7. The van der Waals surface area contributed by atoms with Gasteiger partial charge < -0.3 is 5.32 Å². The lowest BCUT2D eigenvalue weighted by molar-refractivity contribution is -0.119. The third-order valence-electron chi connectivity index (χ3n) is 1.39. The van der Waals surface area contributed by atoms with Gasteiger partial charge in [-0.05, 0) is 0 Å². The summed E-state index contributed by atoms with van der Waals surface area (Å²) in [5, 5.41) is 9.93. The summed E-state index contributed by atoms with van der Waals surface area (Å²) in [6.07, 6.45) is 3.88. The van der Waals surface area contributed by atoms with Crippen molar-refractivity contribution in [3.63, 3.8) is 0 Å². The standard InChI is InChI=1S/C6H5N3O/c10-5-2-1-4-3-7-9-6(4)8-5/h1,3H,2H2,(H,8,9,10). The quantitative estimate of drug-likeness (QED) is 0.492. The summed E-state index contributed by atoms with van der Waals surface area (Å²) in [7, 11) is 0. The van der Waals surface area contributed by atoms with Crippen LogP contribution in [0.2, 0.25) is 0 Å². The van der Waals surface area contributed by atoms with E-state index in [1.807, 2.05) is 6.08 Å². The van der Waals surface area contributed by atoms with E-state index in [9.17, 15) is 4.79 Å². The Morgan fingerprint density at radius 2 is 2.50 bits per heavy atom. The lowest BCUT2D eigenvalue weighted by Crippen LogP contribution is -2.33. The van der Waals surface area contributed by atoms with Crippen molar-refractivity contribution in [3.05, 3.63) is 11.6 Å². The van der Waals surface area contributed by atoms with Crippen LogP contribution in [0.3, 0.4) is 0 Å². The third kappa shape index (κ3) is 0.655. The molecule has 10 heavy (non-hydrogen) atoms. The van der Waals surface area contributed by atoms with Crippen LogP contribution in [0.1, 0.15) is 6.42 Å². The predicted molar refractivity (Wildman–Crippen MR) is 36.8 cm³/mol. The molecule has 1 N–H and O–H groups in total. The van der Waals surface area contributed by atoms with Gasteiger partial charge in [0.1, 0.15) is 0 Å². The van der Waals surface area contributed by atoms with Crippen molar-refractivity contribution >= 4 is 18.0 Å². The van der Waals surface area contributed by atoms with Gasteiger partial charge in [-0.15, -0.1) is 5.10 Å². The first-order valence-corrected chi connectivity index (χ1v) is 2.98. The molecule has 4 heteroatoms. The summed E-state index contributed by atoms with van der Waals surface area (Å²) in [4.78, 5) is 10.7. The number of nitrogens with zero attached hydrogens (tertiary/aromatic N) is 2. The van der Waals surface area contributed by atoms with Gasteiger partial charge >= 0.3 is 0 Å². The van der Waals surface area contributed by atoms with Gasteiger partial charge in [0.25, 0.3) is 0 Å². The Balaban J connectivity index is 2.39. The van der Waals surface area contributed by atoms with Crippen LogP contribution >= 0.6 is 0 Å². The van der Waals surface area contributed by atoms with Gasteiger partial charge in [-0.2, -0.15) is 5.10 Å². The molecule has 0 spiro atoms. The van der Waals surface area contributed by atoms with Crippen molar-refractivity contribution in [2.45, 2.75) is 6.42 Å². The Labute approximate surface area is 57.3 Å². The van der Waals surface area contributed by atoms with Crippen molar-refractivity contribution < 1.29 is 4.79 Å². The summed E-state index contributed by atoms with van der Waals surface area (Å²) in [6.45, 7) is 0. The molecule has 4 nitrogen and oxygen atoms in total. The van der Waals surface area contributed by atoms with E-state index >= 15 is 0 Å². The number of amidine groups is 1. The molecule has 0 unspecified atom stereocenters. The van der Waals surface area contributed by atoms with Crippen LogP contribution in [0.4, 0.5) is 0 Å². The molecule has 2 aliphatic heterocycles. The van der Waals surface area contributed by atoms with Crippen LogP contribution in [0.25, 0.3) is 0 Å². The van der Waals surface area contributed by atoms with Crippen LogP contribution in [-0.4, -0.2) is 18.0 Å². The zero-order valence-electron chi connectivity index (χ0n) is 5.16. The maximum Gasteiger partial charge on any atom is 0.229 e.